The highest BCUT2D eigenvalue weighted by Crippen LogP contribution is 2.69. The minimum absolute atomic E-state index is 0. The summed E-state index contributed by atoms with van der Waals surface area (Å²) in [6.07, 6.45) is 8.31. The van der Waals surface area contributed by atoms with Gasteiger partial charge in [0.1, 0.15) is 6.61 Å². The van der Waals surface area contributed by atoms with Gasteiger partial charge in [0.05, 0.1) is 12.2 Å². The molecule has 32 heavy (non-hydrogen) atoms. The van der Waals surface area contributed by atoms with Crippen molar-refractivity contribution in [2.24, 2.45) is 28.6 Å². The van der Waals surface area contributed by atoms with Crippen molar-refractivity contribution in [2.45, 2.75) is 83.4 Å². The molecular formula is C25H35ClO6. The molecule has 5 rings (SSSR count). The monoisotopic (exact) mass is 466 g/mol. The smallest absolute Gasteiger partial charge is 0.193 e. The molecule has 0 aromatic carbocycles. The molecule has 0 bridgehead atoms. The van der Waals surface area contributed by atoms with Gasteiger partial charge in [0, 0.05) is 16.7 Å². The Morgan fingerprint density at radius 3 is 2.75 bits per heavy atom. The van der Waals surface area contributed by atoms with Crippen molar-refractivity contribution in [3.8, 4) is 0 Å². The lowest BCUT2D eigenvalue weighted by Crippen LogP contribution is -2.63. The molecule has 0 aromatic rings. The van der Waals surface area contributed by atoms with E-state index in [1.165, 1.54) is 0 Å². The third-order valence-electron chi connectivity index (χ3n) is 9.37. The van der Waals surface area contributed by atoms with Crippen molar-refractivity contribution in [2.75, 3.05) is 6.61 Å². The fraction of sp³-hybridized carbons (Fsp3) is 0.760. The van der Waals surface area contributed by atoms with E-state index in [1.54, 1.807) is 12.2 Å². The molecule has 4 fully saturated rings. The van der Waals surface area contributed by atoms with Gasteiger partial charge in [-0.15, -0.1) is 12.4 Å². The van der Waals surface area contributed by atoms with E-state index < -0.39 is 36.1 Å². The molecule has 6 nitrogen and oxygen atoms in total. The predicted octanol–water partition coefficient (Wildman–Crippen LogP) is 3.14. The minimum Gasteiger partial charge on any atom is -0.393 e. The fourth-order valence-corrected chi connectivity index (χ4v) is 8.12. The number of rotatable bonds is 4. The lowest BCUT2D eigenvalue weighted by Gasteiger charge is -2.59. The Kier molecular flexibility index (Phi) is 6.04. The Morgan fingerprint density at radius 2 is 2.06 bits per heavy atom. The molecular weight excluding hydrogens is 432 g/mol. The quantitative estimate of drug-likeness (QED) is 0.661. The largest absolute Gasteiger partial charge is 0.393 e. The zero-order valence-electron chi connectivity index (χ0n) is 19.1. The van der Waals surface area contributed by atoms with Crippen molar-refractivity contribution in [1.29, 1.82) is 0 Å². The van der Waals surface area contributed by atoms with Gasteiger partial charge in [0.2, 0.25) is 0 Å². The highest BCUT2D eigenvalue weighted by molar-refractivity contribution is 6.01. The van der Waals surface area contributed by atoms with E-state index in [1.807, 2.05) is 6.08 Å². The summed E-state index contributed by atoms with van der Waals surface area (Å²) in [6.45, 7) is 5.67. The Morgan fingerprint density at radius 1 is 1.31 bits per heavy atom. The number of hydrogen-bond acceptors (Lipinski definition) is 6. The summed E-state index contributed by atoms with van der Waals surface area (Å²) in [5.41, 5.74) is -1.05. The van der Waals surface area contributed by atoms with Crippen LogP contribution in [0, 0.1) is 28.6 Å². The highest BCUT2D eigenvalue weighted by Gasteiger charge is 2.75. The van der Waals surface area contributed by atoms with E-state index in [9.17, 15) is 19.8 Å². The maximum Gasteiger partial charge on any atom is 0.193 e. The summed E-state index contributed by atoms with van der Waals surface area (Å²) in [4.78, 5) is 25.2. The molecule has 7 heteroatoms. The van der Waals surface area contributed by atoms with Gasteiger partial charge in [0.25, 0.3) is 0 Å². The Bertz CT molecular complexity index is 868. The first-order valence-electron chi connectivity index (χ1n) is 11.8. The second-order valence-corrected chi connectivity index (χ2v) is 10.7. The predicted molar refractivity (Wildman–Crippen MR) is 120 cm³/mol. The molecule has 1 saturated heterocycles. The molecule has 0 spiro atoms. The topological polar surface area (TPSA) is 93.1 Å². The van der Waals surface area contributed by atoms with Crippen LogP contribution in [-0.2, 0) is 19.1 Å². The standard InChI is InChI=1S/C25H34O6.ClH/c1-4-5-21-30-20-11-17-16-7-6-14-10-15(27)8-9-23(14,2)22(16)18(28)12-24(17,3)25(20,31-21)19(29)13-26;/h8-10,16-18,20-22,26,28H,4-7,11-13H2,1-3H3;1H/t16-,17-,18-,20+,21+,22+,23-,24-,25+;/m0./s1. The number of halogens is 1. The first-order chi connectivity index (χ1) is 14.7. The molecule has 178 valence electrons. The summed E-state index contributed by atoms with van der Waals surface area (Å²) >= 11 is 0. The summed E-state index contributed by atoms with van der Waals surface area (Å²) < 4.78 is 12.7. The van der Waals surface area contributed by atoms with E-state index in [4.69, 9.17) is 9.47 Å². The molecule has 1 aliphatic heterocycles. The van der Waals surface area contributed by atoms with Crippen molar-refractivity contribution < 1.29 is 29.3 Å². The number of fused-ring (bicyclic) bond motifs is 7. The van der Waals surface area contributed by atoms with Gasteiger partial charge in [-0.1, -0.05) is 38.8 Å². The summed E-state index contributed by atoms with van der Waals surface area (Å²) in [6, 6.07) is 0. The Hall–Kier alpha value is -1.05. The normalized spacial score (nSPS) is 48.8. The molecule has 0 amide bonds. The minimum atomic E-state index is -1.20. The second kappa shape index (κ2) is 8.02. The van der Waals surface area contributed by atoms with E-state index in [2.05, 4.69) is 20.8 Å². The second-order valence-electron chi connectivity index (χ2n) is 10.7. The summed E-state index contributed by atoms with van der Waals surface area (Å²) in [5.74, 6) is 0.0274. The third kappa shape index (κ3) is 2.92. The van der Waals surface area contributed by atoms with Crippen LogP contribution in [-0.4, -0.2) is 52.5 Å². The third-order valence-corrected chi connectivity index (χ3v) is 9.37. The Balaban J connectivity index is 0.00000245. The first kappa shape index (κ1) is 24.1. The first-order valence-corrected chi connectivity index (χ1v) is 11.8. The number of ether oxygens (including phenoxy) is 2. The van der Waals surface area contributed by atoms with Crippen LogP contribution < -0.4 is 0 Å². The number of carbonyl (C=O) groups excluding carboxylic acids is 2. The maximum atomic E-state index is 13.2. The van der Waals surface area contributed by atoms with Crippen LogP contribution in [0.5, 0.6) is 0 Å². The lowest BCUT2D eigenvalue weighted by molar-refractivity contribution is -0.200. The molecule has 9 atom stereocenters. The average molecular weight is 467 g/mol. The van der Waals surface area contributed by atoms with E-state index in [-0.39, 0.29) is 47.1 Å². The van der Waals surface area contributed by atoms with Crippen molar-refractivity contribution >= 4 is 24.0 Å². The number of ketones is 2. The molecule has 0 radical (unpaired) electrons. The molecule has 0 aromatic heterocycles. The summed E-state index contributed by atoms with van der Waals surface area (Å²) in [7, 11) is 0. The molecule has 5 aliphatic rings. The van der Waals surface area contributed by atoms with Crippen molar-refractivity contribution in [1.82, 2.24) is 0 Å². The highest BCUT2D eigenvalue weighted by atomic mass is 35.5. The van der Waals surface area contributed by atoms with Crippen LogP contribution >= 0.6 is 12.4 Å². The van der Waals surface area contributed by atoms with Crippen LogP contribution in [0.15, 0.2) is 23.8 Å². The SMILES string of the molecule is CCC[C@@H]1O[C@@H]2C[C@H]3[C@@H]4CCC5=CC(=O)C=C[C@]5(C)[C@H]4[C@@H](O)C[C@]3(C)[C@]2(C(=O)CO)O1.Cl. The number of carbonyl (C=O) groups is 2. The van der Waals surface area contributed by atoms with Crippen molar-refractivity contribution in [3.05, 3.63) is 23.8 Å². The van der Waals surface area contributed by atoms with Crippen LogP contribution in [0.2, 0.25) is 0 Å². The zero-order chi connectivity index (χ0) is 22.2. The summed E-state index contributed by atoms with van der Waals surface area (Å²) in [5, 5.41) is 21.4. The molecule has 3 saturated carbocycles. The van der Waals surface area contributed by atoms with E-state index >= 15 is 0 Å². The zero-order valence-corrected chi connectivity index (χ0v) is 19.9. The van der Waals surface area contributed by atoms with E-state index in [0.717, 1.165) is 24.8 Å². The molecule has 0 unspecified atom stereocenters. The lowest BCUT2D eigenvalue weighted by atomic mass is 9.46. The number of Topliss-reactive ketones (excluding diaryl/α,β-unsaturated/α-hetero) is 1. The van der Waals surface area contributed by atoms with Crippen LogP contribution in [0.3, 0.4) is 0 Å². The molecule has 4 aliphatic carbocycles. The fourth-order valence-electron chi connectivity index (χ4n) is 8.12. The molecule has 2 N–H and O–H groups in total. The number of allylic oxidation sites excluding steroid dienone is 4. The average Bonchev–Trinajstić information content (AvgIpc) is 3.20. The van der Waals surface area contributed by atoms with Crippen LogP contribution in [0.25, 0.3) is 0 Å². The van der Waals surface area contributed by atoms with Gasteiger partial charge < -0.3 is 19.7 Å². The van der Waals surface area contributed by atoms with Crippen LogP contribution in [0.4, 0.5) is 0 Å². The maximum absolute atomic E-state index is 13.2. The number of aliphatic hydroxyl groups excluding tert-OH is 2. The number of aliphatic hydroxyl groups is 2. The number of hydrogen-bond donors (Lipinski definition) is 2. The van der Waals surface area contributed by atoms with Gasteiger partial charge in [-0.2, -0.15) is 0 Å². The van der Waals surface area contributed by atoms with Gasteiger partial charge in [-0.3, -0.25) is 9.59 Å². The van der Waals surface area contributed by atoms with Crippen LogP contribution in [0.1, 0.15) is 59.3 Å². The van der Waals surface area contributed by atoms with Gasteiger partial charge in [-0.25, -0.2) is 0 Å². The van der Waals surface area contributed by atoms with Crippen molar-refractivity contribution in [3.63, 3.8) is 0 Å². The molecule has 1 heterocycles. The Labute approximate surface area is 195 Å². The van der Waals surface area contributed by atoms with Gasteiger partial charge in [-0.05, 0) is 56.1 Å². The van der Waals surface area contributed by atoms with Gasteiger partial charge in [0.15, 0.2) is 23.5 Å². The van der Waals surface area contributed by atoms with Gasteiger partial charge >= 0.3 is 0 Å². The van der Waals surface area contributed by atoms with E-state index in [0.29, 0.717) is 19.3 Å².